The fraction of sp³-hybridized carbons (Fsp3) is 0.238. The van der Waals surface area contributed by atoms with Crippen LogP contribution in [0.25, 0.3) is 5.70 Å². The zero-order chi connectivity index (χ0) is 18.7. The first kappa shape index (κ1) is 18.2. The van der Waals surface area contributed by atoms with Crippen LogP contribution >= 0.6 is 15.9 Å². The molecule has 2 N–H and O–H groups in total. The van der Waals surface area contributed by atoms with Gasteiger partial charge < -0.3 is 10.6 Å². The van der Waals surface area contributed by atoms with E-state index >= 15 is 0 Å². The van der Waals surface area contributed by atoms with E-state index in [9.17, 15) is 10.1 Å². The summed E-state index contributed by atoms with van der Waals surface area (Å²) in [7, 11) is 0. The Balaban J connectivity index is 1.95. The van der Waals surface area contributed by atoms with Gasteiger partial charge in [-0.05, 0) is 42.7 Å². The molecule has 0 saturated heterocycles. The molecule has 0 spiro atoms. The number of carbonyl (C=O) groups is 1. The normalized spacial score (nSPS) is 18.7. The quantitative estimate of drug-likeness (QED) is 0.704. The Morgan fingerprint density at radius 3 is 2.54 bits per heavy atom. The summed E-state index contributed by atoms with van der Waals surface area (Å²) in [6.07, 6.45) is 1.62. The van der Waals surface area contributed by atoms with E-state index in [1.54, 1.807) is 0 Å². The summed E-state index contributed by atoms with van der Waals surface area (Å²) in [6.45, 7) is 4.15. The van der Waals surface area contributed by atoms with Gasteiger partial charge in [0.1, 0.15) is 0 Å². The second-order valence-corrected chi connectivity index (χ2v) is 7.61. The lowest BCUT2D eigenvalue weighted by Gasteiger charge is -2.35. The Kier molecular flexibility index (Phi) is 5.15. The number of urea groups is 1. The van der Waals surface area contributed by atoms with Gasteiger partial charge in [0, 0.05) is 21.1 Å². The first-order chi connectivity index (χ1) is 12.5. The van der Waals surface area contributed by atoms with Gasteiger partial charge in [0.15, 0.2) is 0 Å². The zero-order valence-corrected chi connectivity index (χ0v) is 16.4. The van der Waals surface area contributed by atoms with Crippen molar-refractivity contribution < 1.29 is 4.79 Å². The molecule has 0 aromatic heterocycles. The fourth-order valence-corrected chi connectivity index (χ4v) is 3.56. The van der Waals surface area contributed by atoms with Crippen LogP contribution in [-0.4, -0.2) is 6.03 Å². The summed E-state index contributed by atoms with van der Waals surface area (Å²) < 4.78 is 0.942. The van der Waals surface area contributed by atoms with Gasteiger partial charge in [-0.1, -0.05) is 54.0 Å². The van der Waals surface area contributed by atoms with E-state index in [2.05, 4.69) is 52.5 Å². The Bertz CT molecular complexity index is 912. The third-order valence-electron chi connectivity index (χ3n) is 4.95. The number of nitrogens with zero attached hydrogens (tertiary/aromatic N) is 1. The smallest absolute Gasteiger partial charge is 0.308 e. The van der Waals surface area contributed by atoms with Crippen LogP contribution in [0.1, 0.15) is 31.4 Å². The van der Waals surface area contributed by atoms with E-state index in [4.69, 9.17) is 0 Å². The molecule has 4 nitrogen and oxygen atoms in total. The number of hydrogen-bond donors (Lipinski definition) is 2. The van der Waals surface area contributed by atoms with Gasteiger partial charge in [-0.15, -0.1) is 0 Å². The van der Waals surface area contributed by atoms with Crippen LogP contribution in [-0.2, 0) is 6.42 Å². The number of fused-ring (bicyclic) bond motifs is 1. The number of nitriles is 1. The van der Waals surface area contributed by atoms with Gasteiger partial charge >= 0.3 is 6.03 Å². The molecule has 2 amide bonds. The molecule has 1 atom stereocenters. The molecule has 0 heterocycles. The third kappa shape index (κ3) is 3.51. The number of benzene rings is 2. The highest BCUT2D eigenvalue weighted by molar-refractivity contribution is 9.10. The first-order valence-electron chi connectivity index (χ1n) is 8.53. The Morgan fingerprint density at radius 2 is 1.88 bits per heavy atom. The second kappa shape index (κ2) is 7.35. The van der Waals surface area contributed by atoms with Crippen molar-refractivity contribution in [2.75, 3.05) is 5.32 Å². The van der Waals surface area contributed by atoms with E-state index in [-0.39, 0.29) is 11.4 Å². The van der Waals surface area contributed by atoms with Gasteiger partial charge in [-0.25, -0.2) is 4.79 Å². The maximum absolute atomic E-state index is 12.6. The van der Waals surface area contributed by atoms with Crippen molar-refractivity contribution in [3.05, 3.63) is 69.7 Å². The van der Waals surface area contributed by atoms with E-state index in [0.29, 0.717) is 17.0 Å². The van der Waals surface area contributed by atoms with Crippen LogP contribution in [0.15, 0.2) is 58.6 Å². The number of halogens is 1. The SMILES string of the molecule is CC[C@@]1(C)Cc2ccccc2C(NC(=O)Nc2ccc(Br)cc2)=C1C#N. The second-order valence-electron chi connectivity index (χ2n) is 6.70. The van der Waals surface area contributed by atoms with E-state index in [1.165, 1.54) is 0 Å². The van der Waals surface area contributed by atoms with Crippen LogP contribution in [0.5, 0.6) is 0 Å². The van der Waals surface area contributed by atoms with E-state index < -0.39 is 0 Å². The Hall–Kier alpha value is -2.58. The largest absolute Gasteiger partial charge is 0.323 e. The summed E-state index contributed by atoms with van der Waals surface area (Å²) in [5, 5.41) is 15.5. The van der Waals surface area contributed by atoms with Gasteiger partial charge in [-0.3, -0.25) is 0 Å². The third-order valence-corrected chi connectivity index (χ3v) is 5.48. The Labute approximate surface area is 162 Å². The minimum absolute atomic E-state index is 0.288. The van der Waals surface area contributed by atoms with Crippen LogP contribution in [0.2, 0.25) is 0 Å². The molecular formula is C21H20BrN3O. The van der Waals surface area contributed by atoms with Crippen molar-refractivity contribution in [1.82, 2.24) is 5.32 Å². The van der Waals surface area contributed by atoms with Crippen molar-refractivity contribution in [3.8, 4) is 6.07 Å². The average molecular weight is 410 g/mol. The molecular weight excluding hydrogens is 390 g/mol. The fourth-order valence-electron chi connectivity index (χ4n) is 3.30. The molecule has 26 heavy (non-hydrogen) atoms. The molecule has 0 unspecified atom stereocenters. The summed E-state index contributed by atoms with van der Waals surface area (Å²) in [4.78, 5) is 12.6. The Morgan fingerprint density at radius 1 is 1.19 bits per heavy atom. The van der Waals surface area contributed by atoms with Crippen molar-refractivity contribution in [3.63, 3.8) is 0 Å². The molecule has 0 fully saturated rings. The lowest BCUT2D eigenvalue weighted by atomic mass is 9.69. The molecule has 3 rings (SSSR count). The van der Waals surface area contributed by atoms with E-state index in [0.717, 1.165) is 28.4 Å². The molecule has 132 valence electrons. The van der Waals surface area contributed by atoms with Crippen LogP contribution in [0.3, 0.4) is 0 Å². The molecule has 0 aliphatic heterocycles. The summed E-state index contributed by atoms with van der Waals surface area (Å²) in [5.41, 5.74) is 3.70. The van der Waals surface area contributed by atoms with Gasteiger partial charge in [0.05, 0.1) is 17.3 Å². The number of nitrogens with one attached hydrogen (secondary N) is 2. The molecule has 2 aromatic carbocycles. The monoisotopic (exact) mass is 409 g/mol. The highest BCUT2D eigenvalue weighted by Crippen LogP contribution is 2.43. The maximum Gasteiger partial charge on any atom is 0.323 e. The molecule has 0 bridgehead atoms. The highest BCUT2D eigenvalue weighted by Gasteiger charge is 2.36. The predicted molar refractivity (Wildman–Crippen MR) is 107 cm³/mol. The topological polar surface area (TPSA) is 64.9 Å². The maximum atomic E-state index is 12.6. The number of allylic oxidation sites excluding steroid dienone is 1. The minimum Gasteiger partial charge on any atom is -0.308 e. The predicted octanol–water partition coefficient (Wildman–Crippen LogP) is 5.48. The number of anilines is 1. The number of hydrogen-bond acceptors (Lipinski definition) is 2. The average Bonchev–Trinajstić information content (AvgIpc) is 2.63. The van der Waals surface area contributed by atoms with Crippen LogP contribution < -0.4 is 10.6 Å². The van der Waals surface area contributed by atoms with Gasteiger partial charge in [-0.2, -0.15) is 5.26 Å². The number of amides is 2. The molecule has 5 heteroatoms. The molecule has 1 aliphatic carbocycles. The molecule has 2 aromatic rings. The van der Waals surface area contributed by atoms with Crippen molar-refractivity contribution in [2.45, 2.75) is 26.7 Å². The minimum atomic E-state index is -0.356. The first-order valence-corrected chi connectivity index (χ1v) is 9.33. The summed E-state index contributed by atoms with van der Waals surface area (Å²) in [5.74, 6) is 0. The molecule has 1 aliphatic rings. The lowest BCUT2D eigenvalue weighted by Crippen LogP contribution is -2.35. The van der Waals surface area contributed by atoms with Crippen molar-refractivity contribution in [2.24, 2.45) is 5.41 Å². The number of carbonyl (C=O) groups excluding carboxylic acids is 1. The van der Waals surface area contributed by atoms with Gasteiger partial charge in [0.2, 0.25) is 0 Å². The lowest BCUT2D eigenvalue weighted by molar-refractivity contribution is 0.255. The summed E-state index contributed by atoms with van der Waals surface area (Å²) in [6, 6.07) is 17.3. The van der Waals surface area contributed by atoms with Crippen molar-refractivity contribution in [1.29, 1.82) is 5.26 Å². The van der Waals surface area contributed by atoms with Crippen LogP contribution in [0, 0.1) is 16.7 Å². The molecule has 0 radical (unpaired) electrons. The standard InChI is InChI=1S/C21H20BrN3O/c1-3-21(2)12-14-6-4-5-7-17(14)19(18(21)13-23)25-20(26)24-16-10-8-15(22)9-11-16/h4-11H,3,12H2,1-2H3,(H2,24,25,26)/t21-/m0/s1. The highest BCUT2D eigenvalue weighted by atomic mass is 79.9. The zero-order valence-electron chi connectivity index (χ0n) is 14.8. The van der Waals surface area contributed by atoms with Crippen molar-refractivity contribution >= 4 is 33.3 Å². The van der Waals surface area contributed by atoms with E-state index in [1.807, 2.05) is 42.5 Å². The van der Waals surface area contributed by atoms with Crippen LogP contribution in [0.4, 0.5) is 10.5 Å². The summed E-state index contributed by atoms with van der Waals surface area (Å²) >= 11 is 3.38. The van der Waals surface area contributed by atoms with Gasteiger partial charge in [0.25, 0.3) is 0 Å². The number of rotatable bonds is 3. The molecule has 0 saturated carbocycles.